The number of hydrogen-bond donors (Lipinski definition) is 1. The topological polar surface area (TPSA) is 56.7 Å². The molecule has 0 aliphatic heterocycles. The number of hydrogen-bond acceptors (Lipinski definition) is 3. The summed E-state index contributed by atoms with van der Waals surface area (Å²) in [7, 11) is 1.90. The molecule has 4 heteroatoms. The number of nitrogen functional groups attached to an aromatic ring is 1. The Morgan fingerprint density at radius 3 is 2.89 bits per heavy atom. The van der Waals surface area contributed by atoms with Gasteiger partial charge in [0.15, 0.2) is 0 Å². The van der Waals surface area contributed by atoms with Crippen molar-refractivity contribution in [1.29, 1.82) is 0 Å². The fourth-order valence-corrected chi connectivity index (χ4v) is 2.53. The van der Waals surface area contributed by atoms with Gasteiger partial charge in [-0.25, -0.2) is 0 Å². The lowest BCUT2D eigenvalue weighted by atomic mass is 9.81. The van der Waals surface area contributed by atoms with E-state index in [1.165, 1.54) is 19.3 Å². The molecular weight excluding hydrogens is 224 g/mol. The van der Waals surface area contributed by atoms with Gasteiger partial charge in [0, 0.05) is 30.6 Å². The van der Waals surface area contributed by atoms with Crippen LogP contribution in [0.3, 0.4) is 0 Å². The minimum absolute atomic E-state index is 0.734. The van der Waals surface area contributed by atoms with Crippen LogP contribution in [0.4, 0.5) is 5.82 Å². The number of anilines is 1. The molecule has 0 saturated heterocycles. The van der Waals surface area contributed by atoms with Crippen molar-refractivity contribution in [2.24, 2.45) is 13.0 Å². The molecular formula is C14H18N4. The second kappa shape index (κ2) is 4.44. The summed E-state index contributed by atoms with van der Waals surface area (Å²) in [6.07, 6.45) is 8.68. The average Bonchev–Trinajstić information content (AvgIpc) is 2.61. The molecule has 94 valence electrons. The summed E-state index contributed by atoms with van der Waals surface area (Å²) in [4.78, 5) is 4.17. The van der Waals surface area contributed by atoms with Crippen molar-refractivity contribution >= 4 is 5.82 Å². The van der Waals surface area contributed by atoms with E-state index in [9.17, 15) is 0 Å². The predicted molar refractivity (Wildman–Crippen MR) is 71.9 cm³/mol. The Balaban J connectivity index is 2.00. The molecule has 0 radical (unpaired) electrons. The molecule has 2 aromatic heterocycles. The van der Waals surface area contributed by atoms with Crippen molar-refractivity contribution in [3.05, 3.63) is 30.2 Å². The van der Waals surface area contributed by atoms with E-state index in [0.717, 1.165) is 35.0 Å². The lowest BCUT2D eigenvalue weighted by molar-refractivity contribution is 0.311. The first kappa shape index (κ1) is 11.3. The van der Waals surface area contributed by atoms with Crippen LogP contribution in [0, 0.1) is 5.92 Å². The van der Waals surface area contributed by atoms with Crippen LogP contribution in [0.5, 0.6) is 0 Å². The molecule has 1 aliphatic rings. The third-order valence-corrected chi connectivity index (χ3v) is 3.82. The van der Waals surface area contributed by atoms with Gasteiger partial charge in [0.25, 0.3) is 0 Å². The molecule has 0 atom stereocenters. The molecule has 2 heterocycles. The Hall–Kier alpha value is -1.84. The fourth-order valence-electron chi connectivity index (χ4n) is 2.53. The Morgan fingerprint density at radius 1 is 1.44 bits per heavy atom. The van der Waals surface area contributed by atoms with E-state index in [0.29, 0.717) is 0 Å². The standard InChI is InChI=1S/C14H18N4/c1-18-14(15)13(11-6-3-7-16-9-11)12(17-18)8-10-4-2-5-10/h3,6-7,9-10H,2,4-5,8,15H2,1H3. The molecule has 0 aromatic carbocycles. The van der Waals surface area contributed by atoms with Gasteiger partial charge in [-0.15, -0.1) is 0 Å². The zero-order valence-corrected chi connectivity index (χ0v) is 10.6. The third kappa shape index (κ3) is 1.88. The van der Waals surface area contributed by atoms with Crippen molar-refractivity contribution in [3.8, 4) is 11.1 Å². The average molecular weight is 242 g/mol. The quantitative estimate of drug-likeness (QED) is 0.899. The lowest BCUT2D eigenvalue weighted by Gasteiger charge is -2.24. The van der Waals surface area contributed by atoms with Crippen LogP contribution in [0.2, 0.25) is 0 Å². The van der Waals surface area contributed by atoms with E-state index in [1.807, 2.05) is 25.4 Å². The summed E-state index contributed by atoms with van der Waals surface area (Å²) < 4.78 is 1.77. The highest BCUT2D eigenvalue weighted by Crippen LogP contribution is 2.35. The molecule has 0 amide bonds. The van der Waals surface area contributed by atoms with Gasteiger partial charge >= 0.3 is 0 Å². The minimum Gasteiger partial charge on any atom is -0.383 e. The maximum atomic E-state index is 6.14. The van der Waals surface area contributed by atoms with Crippen molar-refractivity contribution in [2.45, 2.75) is 25.7 Å². The van der Waals surface area contributed by atoms with Crippen LogP contribution in [-0.4, -0.2) is 14.8 Å². The first-order valence-electron chi connectivity index (χ1n) is 6.47. The monoisotopic (exact) mass is 242 g/mol. The summed E-state index contributed by atoms with van der Waals surface area (Å²) in [5.74, 6) is 1.52. The molecule has 2 N–H and O–H groups in total. The molecule has 0 unspecified atom stereocenters. The first-order valence-corrected chi connectivity index (χ1v) is 6.47. The van der Waals surface area contributed by atoms with Crippen molar-refractivity contribution in [2.75, 3.05) is 5.73 Å². The van der Waals surface area contributed by atoms with Gasteiger partial charge in [-0.1, -0.05) is 25.3 Å². The highest BCUT2D eigenvalue weighted by Gasteiger charge is 2.23. The molecule has 0 bridgehead atoms. The summed E-state index contributed by atoms with van der Waals surface area (Å²) in [5.41, 5.74) is 9.40. The van der Waals surface area contributed by atoms with Gasteiger partial charge in [-0.2, -0.15) is 5.10 Å². The predicted octanol–water partition coefficient (Wildman–Crippen LogP) is 2.41. The van der Waals surface area contributed by atoms with E-state index in [1.54, 1.807) is 10.9 Å². The number of aromatic nitrogens is 3. The van der Waals surface area contributed by atoms with Gasteiger partial charge in [0.05, 0.1) is 5.69 Å². The highest BCUT2D eigenvalue weighted by atomic mass is 15.3. The summed E-state index contributed by atoms with van der Waals surface area (Å²) in [5, 5.41) is 4.57. The number of nitrogens with two attached hydrogens (primary N) is 1. The molecule has 2 aromatic rings. The maximum absolute atomic E-state index is 6.14. The molecule has 1 aliphatic carbocycles. The molecule has 18 heavy (non-hydrogen) atoms. The third-order valence-electron chi connectivity index (χ3n) is 3.82. The summed E-state index contributed by atoms with van der Waals surface area (Å²) >= 11 is 0. The number of rotatable bonds is 3. The molecule has 1 fully saturated rings. The molecule has 3 rings (SSSR count). The highest BCUT2D eigenvalue weighted by molar-refractivity contribution is 5.76. The van der Waals surface area contributed by atoms with E-state index in [2.05, 4.69) is 10.1 Å². The zero-order valence-electron chi connectivity index (χ0n) is 10.6. The fraction of sp³-hybridized carbons (Fsp3) is 0.429. The summed E-state index contributed by atoms with van der Waals surface area (Å²) in [6, 6.07) is 3.99. The maximum Gasteiger partial charge on any atom is 0.129 e. The van der Waals surface area contributed by atoms with Crippen molar-refractivity contribution in [1.82, 2.24) is 14.8 Å². The van der Waals surface area contributed by atoms with E-state index in [-0.39, 0.29) is 0 Å². The van der Waals surface area contributed by atoms with E-state index in [4.69, 9.17) is 5.73 Å². The normalized spacial score (nSPS) is 15.6. The second-order valence-electron chi connectivity index (χ2n) is 5.07. The molecule has 0 spiro atoms. The van der Waals surface area contributed by atoms with Gasteiger partial charge < -0.3 is 5.73 Å². The van der Waals surface area contributed by atoms with Crippen molar-refractivity contribution in [3.63, 3.8) is 0 Å². The Kier molecular flexibility index (Phi) is 2.78. The molecule has 1 saturated carbocycles. The van der Waals surface area contributed by atoms with Crippen LogP contribution in [0.1, 0.15) is 25.0 Å². The van der Waals surface area contributed by atoms with Gasteiger partial charge in [0.1, 0.15) is 5.82 Å². The van der Waals surface area contributed by atoms with E-state index >= 15 is 0 Å². The van der Waals surface area contributed by atoms with E-state index < -0.39 is 0 Å². The Morgan fingerprint density at radius 2 is 2.28 bits per heavy atom. The van der Waals surface area contributed by atoms with Crippen molar-refractivity contribution < 1.29 is 0 Å². The largest absolute Gasteiger partial charge is 0.383 e. The Bertz CT molecular complexity index is 540. The smallest absolute Gasteiger partial charge is 0.129 e. The van der Waals surface area contributed by atoms with Crippen LogP contribution < -0.4 is 5.73 Å². The van der Waals surface area contributed by atoms with Crippen LogP contribution in [0.15, 0.2) is 24.5 Å². The van der Waals surface area contributed by atoms with Crippen LogP contribution >= 0.6 is 0 Å². The zero-order chi connectivity index (χ0) is 12.5. The molecule has 4 nitrogen and oxygen atoms in total. The van der Waals surface area contributed by atoms with Crippen LogP contribution in [0.25, 0.3) is 11.1 Å². The van der Waals surface area contributed by atoms with Gasteiger partial charge in [-0.05, 0) is 18.4 Å². The van der Waals surface area contributed by atoms with Crippen LogP contribution in [-0.2, 0) is 13.5 Å². The van der Waals surface area contributed by atoms with Gasteiger partial charge in [0.2, 0.25) is 0 Å². The number of aryl methyl sites for hydroxylation is 1. The lowest BCUT2D eigenvalue weighted by Crippen LogP contribution is -2.14. The van der Waals surface area contributed by atoms with Gasteiger partial charge in [-0.3, -0.25) is 9.67 Å². The number of pyridine rings is 1. The number of nitrogens with zero attached hydrogens (tertiary/aromatic N) is 3. The summed E-state index contributed by atoms with van der Waals surface area (Å²) in [6.45, 7) is 0. The minimum atomic E-state index is 0.734. The Labute approximate surface area is 107 Å². The first-order chi connectivity index (χ1) is 8.75. The second-order valence-corrected chi connectivity index (χ2v) is 5.07. The SMILES string of the molecule is Cn1nc(CC2CCC2)c(-c2cccnc2)c1N.